The van der Waals surface area contributed by atoms with Crippen LogP contribution in [0.3, 0.4) is 0 Å². The molecule has 152 valence electrons. The molecule has 8 heteroatoms. The lowest BCUT2D eigenvalue weighted by Crippen LogP contribution is -2.58. The molecule has 0 bridgehead atoms. The van der Waals surface area contributed by atoms with E-state index in [1.807, 2.05) is 31.2 Å². The van der Waals surface area contributed by atoms with Gasteiger partial charge in [0.25, 0.3) is 0 Å². The Balaban J connectivity index is 1.52. The van der Waals surface area contributed by atoms with E-state index in [9.17, 15) is 9.59 Å². The third-order valence-electron chi connectivity index (χ3n) is 5.27. The molecule has 1 aliphatic heterocycles. The Morgan fingerprint density at radius 3 is 2.72 bits per heavy atom. The fourth-order valence-corrected chi connectivity index (χ4v) is 3.58. The van der Waals surface area contributed by atoms with Gasteiger partial charge in [0.05, 0.1) is 19.3 Å². The molecule has 1 fully saturated rings. The Bertz CT molecular complexity index is 1110. The number of ether oxygens (including phenoxy) is 1. The van der Waals surface area contributed by atoms with Gasteiger partial charge in [-0.2, -0.15) is 0 Å². The van der Waals surface area contributed by atoms with Crippen molar-refractivity contribution >= 4 is 17.2 Å². The Labute approximate surface area is 168 Å². The molecule has 1 saturated heterocycles. The summed E-state index contributed by atoms with van der Waals surface area (Å²) in [5, 5.41) is 0. The normalized spacial score (nSPS) is 14.2. The van der Waals surface area contributed by atoms with E-state index in [1.54, 1.807) is 18.1 Å². The minimum Gasteiger partial charge on any atom is -0.486 e. The molecule has 4 rings (SSSR count). The summed E-state index contributed by atoms with van der Waals surface area (Å²) in [6.07, 6.45) is 4.02. The topological polar surface area (TPSA) is 82.2 Å². The summed E-state index contributed by atoms with van der Waals surface area (Å²) in [6, 6.07) is 7.56. The first-order chi connectivity index (χ1) is 14.0. The summed E-state index contributed by atoms with van der Waals surface area (Å²) in [6.45, 7) is 5.01. The second-order valence-corrected chi connectivity index (χ2v) is 7.31. The van der Waals surface area contributed by atoms with Crippen molar-refractivity contribution < 1.29 is 9.53 Å². The minimum absolute atomic E-state index is 0.0789. The molecular weight excluding hydrogens is 370 g/mol. The summed E-state index contributed by atoms with van der Waals surface area (Å²) < 4.78 is 8.60. The number of benzene rings is 1. The third kappa shape index (κ3) is 3.39. The van der Waals surface area contributed by atoms with Crippen molar-refractivity contribution in [3.05, 3.63) is 52.3 Å². The van der Waals surface area contributed by atoms with E-state index < -0.39 is 5.69 Å². The van der Waals surface area contributed by atoms with Crippen LogP contribution < -0.4 is 10.4 Å². The molecule has 0 spiro atoms. The Hall–Kier alpha value is -3.16. The first kappa shape index (κ1) is 19.2. The van der Waals surface area contributed by atoms with Crippen LogP contribution in [0.1, 0.15) is 31.7 Å². The van der Waals surface area contributed by atoms with E-state index >= 15 is 0 Å². The zero-order valence-electron chi connectivity index (χ0n) is 17.0. The van der Waals surface area contributed by atoms with E-state index in [0.29, 0.717) is 30.1 Å². The van der Waals surface area contributed by atoms with Crippen LogP contribution in [0.2, 0.25) is 0 Å². The van der Waals surface area contributed by atoms with Crippen LogP contribution in [-0.2, 0) is 19.9 Å². The number of hydrogen-bond donors (Lipinski definition) is 0. The smallest absolute Gasteiger partial charge is 0.338 e. The SMILES string of the molecule is CCCc1ncc2c(n1)n(C)c(=O)n2C(=O)N1CC(Oc2ccccc2CC)C1. The lowest BCUT2D eigenvalue weighted by Gasteiger charge is -2.38. The van der Waals surface area contributed by atoms with E-state index in [2.05, 4.69) is 16.9 Å². The fourth-order valence-electron chi connectivity index (χ4n) is 3.58. The standard InChI is InChI=1S/C21H25N5O3/c1-4-8-18-22-11-16-19(23-18)24(3)20(27)26(16)21(28)25-12-15(13-25)29-17-10-7-6-9-14(17)5-2/h6-7,9-11,15H,4-5,8,12-13H2,1-3H3. The van der Waals surface area contributed by atoms with Crippen molar-refractivity contribution in [2.75, 3.05) is 13.1 Å². The number of carbonyl (C=O) groups is 1. The minimum atomic E-state index is -0.409. The largest absolute Gasteiger partial charge is 0.486 e. The highest BCUT2D eigenvalue weighted by Crippen LogP contribution is 2.23. The first-order valence-corrected chi connectivity index (χ1v) is 10.0. The molecule has 0 aliphatic carbocycles. The number of fused-ring (bicyclic) bond motifs is 1. The van der Waals surface area contributed by atoms with Crippen molar-refractivity contribution in [2.24, 2.45) is 7.05 Å². The fraction of sp³-hybridized carbons (Fsp3) is 0.429. The second-order valence-electron chi connectivity index (χ2n) is 7.31. The molecule has 0 saturated carbocycles. The highest BCUT2D eigenvalue weighted by atomic mass is 16.5. The van der Waals surface area contributed by atoms with Gasteiger partial charge in [0.2, 0.25) is 0 Å². The Kier molecular flexibility index (Phi) is 5.08. The number of hydrogen-bond acceptors (Lipinski definition) is 5. The third-order valence-corrected chi connectivity index (χ3v) is 5.27. The molecule has 0 radical (unpaired) electrons. The van der Waals surface area contributed by atoms with Gasteiger partial charge in [-0.05, 0) is 24.5 Å². The molecule has 1 aromatic carbocycles. The molecule has 0 atom stereocenters. The maximum absolute atomic E-state index is 13.0. The van der Waals surface area contributed by atoms with Gasteiger partial charge in [-0.25, -0.2) is 24.1 Å². The summed E-state index contributed by atoms with van der Waals surface area (Å²) in [5.41, 5.74) is 1.64. The average Bonchev–Trinajstić information content (AvgIpc) is 2.95. The summed E-state index contributed by atoms with van der Waals surface area (Å²) in [7, 11) is 1.63. The second kappa shape index (κ2) is 7.69. The molecule has 29 heavy (non-hydrogen) atoms. The average molecular weight is 395 g/mol. The van der Waals surface area contributed by atoms with E-state index in [-0.39, 0.29) is 12.1 Å². The van der Waals surface area contributed by atoms with Crippen LogP contribution in [0.15, 0.2) is 35.3 Å². The highest BCUT2D eigenvalue weighted by molar-refractivity contribution is 5.88. The number of likely N-dealkylation sites (tertiary alicyclic amines) is 1. The van der Waals surface area contributed by atoms with Crippen molar-refractivity contribution in [2.45, 2.75) is 39.2 Å². The number of aryl methyl sites for hydroxylation is 3. The van der Waals surface area contributed by atoms with Crippen molar-refractivity contribution in [3.8, 4) is 5.75 Å². The van der Waals surface area contributed by atoms with Crippen LogP contribution in [0, 0.1) is 0 Å². The lowest BCUT2D eigenvalue weighted by atomic mass is 10.1. The van der Waals surface area contributed by atoms with E-state index in [4.69, 9.17) is 4.74 Å². The van der Waals surface area contributed by atoms with Crippen molar-refractivity contribution in [1.82, 2.24) is 24.0 Å². The number of aromatic nitrogens is 4. The van der Waals surface area contributed by atoms with Gasteiger partial charge in [0.15, 0.2) is 5.65 Å². The monoisotopic (exact) mass is 395 g/mol. The Morgan fingerprint density at radius 1 is 1.24 bits per heavy atom. The van der Waals surface area contributed by atoms with E-state index in [1.165, 1.54) is 4.57 Å². The summed E-state index contributed by atoms with van der Waals surface area (Å²) >= 11 is 0. The molecule has 3 heterocycles. The number of rotatable bonds is 5. The molecule has 2 aromatic heterocycles. The number of amides is 1. The maximum atomic E-state index is 13.0. The van der Waals surface area contributed by atoms with Crippen LogP contribution in [-0.4, -0.2) is 49.2 Å². The molecule has 0 unspecified atom stereocenters. The van der Waals surface area contributed by atoms with Crippen molar-refractivity contribution in [1.29, 1.82) is 0 Å². The number of imidazole rings is 1. The van der Waals surface area contributed by atoms with Crippen LogP contribution in [0.4, 0.5) is 4.79 Å². The van der Waals surface area contributed by atoms with Gasteiger partial charge in [0, 0.05) is 13.5 Å². The summed E-state index contributed by atoms with van der Waals surface area (Å²) in [5.74, 6) is 1.53. The van der Waals surface area contributed by atoms with Gasteiger partial charge >= 0.3 is 11.7 Å². The lowest BCUT2D eigenvalue weighted by molar-refractivity contribution is 0.0443. The molecule has 8 nitrogen and oxygen atoms in total. The van der Waals surface area contributed by atoms with Crippen molar-refractivity contribution in [3.63, 3.8) is 0 Å². The maximum Gasteiger partial charge on any atom is 0.338 e. The van der Waals surface area contributed by atoms with Crippen LogP contribution in [0.5, 0.6) is 5.75 Å². The quantitative estimate of drug-likeness (QED) is 0.662. The van der Waals surface area contributed by atoms with Gasteiger partial charge in [-0.15, -0.1) is 0 Å². The predicted octanol–water partition coefficient (Wildman–Crippen LogP) is 2.38. The zero-order chi connectivity index (χ0) is 20.5. The van der Waals surface area contributed by atoms with Gasteiger partial charge in [0.1, 0.15) is 23.2 Å². The van der Waals surface area contributed by atoms with Gasteiger partial charge < -0.3 is 9.64 Å². The molecule has 3 aromatic rings. The summed E-state index contributed by atoms with van der Waals surface area (Å²) in [4.78, 5) is 36.0. The highest BCUT2D eigenvalue weighted by Gasteiger charge is 2.35. The van der Waals surface area contributed by atoms with Crippen LogP contribution in [0.25, 0.3) is 11.2 Å². The van der Waals surface area contributed by atoms with Crippen LogP contribution >= 0.6 is 0 Å². The molecule has 1 amide bonds. The predicted molar refractivity (Wildman–Crippen MR) is 109 cm³/mol. The molecule has 0 N–H and O–H groups in total. The number of carbonyl (C=O) groups excluding carboxylic acids is 1. The molecule has 1 aliphatic rings. The van der Waals surface area contributed by atoms with E-state index in [0.717, 1.165) is 35.1 Å². The number of para-hydroxylation sites is 1. The van der Waals surface area contributed by atoms with Gasteiger partial charge in [-0.3, -0.25) is 4.57 Å². The Morgan fingerprint density at radius 2 is 2.00 bits per heavy atom. The van der Waals surface area contributed by atoms with Gasteiger partial charge in [-0.1, -0.05) is 32.0 Å². The zero-order valence-corrected chi connectivity index (χ0v) is 17.0. The number of nitrogens with zero attached hydrogens (tertiary/aromatic N) is 5. The molecular formula is C21H25N5O3. The first-order valence-electron chi connectivity index (χ1n) is 10.0.